The number of amides is 4. The first-order chi connectivity index (χ1) is 13.6. The van der Waals surface area contributed by atoms with Gasteiger partial charge in [0.1, 0.15) is 11.8 Å². The highest BCUT2D eigenvalue weighted by Crippen LogP contribution is 2.18. The highest BCUT2D eigenvalue weighted by Gasteiger charge is 2.37. The summed E-state index contributed by atoms with van der Waals surface area (Å²) in [6, 6.07) is 15.6. The van der Waals surface area contributed by atoms with E-state index in [-0.39, 0.29) is 24.7 Å². The van der Waals surface area contributed by atoms with E-state index in [0.29, 0.717) is 24.4 Å². The van der Waals surface area contributed by atoms with Crippen molar-refractivity contribution in [2.45, 2.75) is 25.3 Å². The Labute approximate surface area is 163 Å². The summed E-state index contributed by atoms with van der Waals surface area (Å²) < 4.78 is 5.12. The Kier molecular flexibility index (Phi) is 6.26. The number of carbonyl (C=O) groups is 3. The molecule has 7 nitrogen and oxygen atoms in total. The van der Waals surface area contributed by atoms with Crippen LogP contribution < -0.4 is 15.4 Å². The van der Waals surface area contributed by atoms with Crippen molar-refractivity contribution in [1.82, 2.24) is 10.2 Å². The quantitative estimate of drug-likeness (QED) is 0.688. The van der Waals surface area contributed by atoms with E-state index in [2.05, 4.69) is 10.6 Å². The SMILES string of the molecule is COc1cccc(NC(=O)CC[C@H]2NC(=O)N(CCc3ccccc3)C2=O)c1. The zero-order valence-electron chi connectivity index (χ0n) is 15.7. The number of carbonyl (C=O) groups excluding carboxylic acids is 3. The van der Waals surface area contributed by atoms with Crippen molar-refractivity contribution >= 4 is 23.5 Å². The van der Waals surface area contributed by atoms with Crippen molar-refractivity contribution in [1.29, 1.82) is 0 Å². The average Bonchev–Trinajstić information content (AvgIpc) is 2.98. The molecule has 7 heteroatoms. The Hall–Kier alpha value is -3.35. The Morgan fingerprint density at radius 3 is 2.68 bits per heavy atom. The van der Waals surface area contributed by atoms with E-state index >= 15 is 0 Å². The van der Waals surface area contributed by atoms with Gasteiger partial charge in [-0.3, -0.25) is 14.5 Å². The van der Waals surface area contributed by atoms with Gasteiger partial charge >= 0.3 is 6.03 Å². The Balaban J connectivity index is 1.48. The van der Waals surface area contributed by atoms with Crippen molar-refractivity contribution in [2.75, 3.05) is 19.0 Å². The standard InChI is InChI=1S/C21H23N3O4/c1-28-17-9-5-8-16(14-17)22-19(25)11-10-18-20(26)24(21(27)23-18)13-12-15-6-3-2-4-7-15/h2-9,14,18H,10-13H2,1H3,(H,22,25)(H,23,27)/t18-/m1/s1. The molecular weight excluding hydrogens is 358 g/mol. The number of benzene rings is 2. The van der Waals surface area contributed by atoms with E-state index in [1.807, 2.05) is 30.3 Å². The van der Waals surface area contributed by atoms with Crippen molar-refractivity contribution in [2.24, 2.45) is 0 Å². The normalized spacial score (nSPS) is 16.0. The van der Waals surface area contributed by atoms with Crippen molar-refractivity contribution in [3.63, 3.8) is 0 Å². The smallest absolute Gasteiger partial charge is 0.324 e. The second kappa shape index (κ2) is 9.03. The first kappa shape index (κ1) is 19.4. The van der Waals surface area contributed by atoms with Crippen LogP contribution in [0.1, 0.15) is 18.4 Å². The monoisotopic (exact) mass is 381 g/mol. The summed E-state index contributed by atoms with van der Waals surface area (Å²) >= 11 is 0. The van der Waals surface area contributed by atoms with Crippen LogP contribution in [0, 0.1) is 0 Å². The summed E-state index contributed by atoms with van der Waals surface area (Å²) in [5.74, 6) is 0.137. The van der Waals surface area contributed by atoms with Gasteiger partial charge in [-0.2, -0.15) is 0 Å². The minimum Gasteiger partial charge on any atom is -0.497 e. The molecule has 0 aromatic heterocycles. The van der Waals surface area contributed by atoms with Crippen LogP contribution in [0.4, 0.5) is 10.5 Å². The van der Waals surface area contributed by atoms with Crippen LogP contribution in [0.3, 0.4) is 0 Å². The third-order valence-electron chi connectivity index (χ3n) is 4.59. The molecule has 28 heavy (non-hydrogen) atoms. The Morgan fingerprint density at radius 1 is 1.14 bits per heavy atom. The average molecular weight is 381 g/mol. The van der Waals surface area contributed by atoms with Crippen LogP contribution in [0.5, 0.6) is 5.75 Å². The summed E-state index contributed by atoms with van der Waals surface area (Å²) in [4.78, 5) is 38.0. The number of hydrogen-bond acceptors (Lipinski definition) is 4. The maximum atomic E-state index is 12.5. The molecule has 146 valence electrons. The Morgan fingerprint density at radius 2 is 1.93 bits per heavy atom. The number of nitrogens with one attached hydrogen (secondary N) is 2. The molecule has 0 bridgehead atoms. The van der Waals surface area contributed by atoms with Crippen molar-refractivity contribution in [3.8, 4) is 5.75 Å². The van der Waals surface area contributed by atoms with Crippen LogP contribution in [0.2, 0.25) is 0 Å². The fourth-order valence-corrected chi connectivity index (χ4v) is 3.07. The van der Waals surface area contributed by atoms with Gasteiger partial charge < -0.3 is 15.4 Å². The fraction of sp³-hybridized carbons (Fsp3) is 0.286. The summed E-state index contributed by atoms with van der Waals surface area (Å²) in [7, 11) is 1.55. The van der Waals surface area contributed by atoms with Crippen LogP contribution in [-0.2, 0) is 16.0 Å². The van der Waals surface area contributed by atoms with E-state index in [0.717, 1.165) is 5.56 Å². The minimum atomic E-state index is -0.667. The zero-order chi connectivity index (χ0) is 19.9. The molecule has 0 aliphatic carbocycles. The fourth-order valence-electron chi connectivity index (χ4n) is 3.07. The predicted molar refractivity (Wildman–Crippen MR) is 105 cm³/mol. The summed E-state index contributed by atoms with van der Waals surface area (Å²) in [6.45, 7) is 0.321. The lowest BCUT2D eigenvalue weighted by atomic mass is 10.1. The van der Waals surface area contributed by atoms with Crippen molar-refractivity contribution in [3.05, 3.63) is 60.2 Å². The van der Waals surface area contributed by atoms with Crippen LogP contribution in [0.25, 0.3) is 0 Å². The molecule has 1 aliphatic rings. The number of ether oxygens (including phenoxy) is 1. The largest absolute Gasteiger partial charge is 0.497 e. The second-order valence-corrected chi connectivity index (χ2v) is 6.55. The van der Waals surface area contributed by atoms with Crippen LogP contribution in [-0.4, -0.2) is 42.4 Å². The lowest BCUT2D eigenvalue weighted by Gasteiger charge is -2.13. The molecule has 1 fully saturated rings. The lowest BCUT2D eigenvalue weighted by molar-refractivity contribution is -0.127. The molecule has 4 amide bonds. The second-order valence-electron chi connectivity index (χ2n) is 6.55. The number of nitrogens with zero attached hydrogens (tertiary/aromatic N) is 1. The molecule has 0 unspecified atom stereocenters. The van der Waals surface area contributed by atoms with Gasteiger partial charge in [-0.15, -0.1) is 0 Å². The summed E-state index contributed by atoms with van der Waals surface area (Å²) in [6.07, 6.45) is 0.978. The van der Waals surface area contributed by atoms with Gasteiger partial charge in [0, 0.05) is 24.7 Å². The molecule has 1 heterocycles. The van der Waals surface area contributed by atoms with Gasteiger partial charge in [0.15, 0.2) is 0 Å². The minimum absolute atomic E-state index is 0.125. The molecule has 2 aromatic rings. The van der Waals surface area contributed by atoms with Gasteiger partial charge in [0.2, 0.25) is 5.91 Å². The third-order valence-corrected chi connectivity index (χ3v) is 4.59. The van der Waals surface area contributed by atoms with Crippen molar-refractivity contribution < 1.29 is 19.1 Å². The highest BCUT2D eigenvalue weighted by atomic mass is 16.5. The van der Waals surface area contributed by atoms with Crippen LogP contribution >= 0.6 is 0 Å². The van der Waals surface area contributed by atoms with Gasteiger partial charge in [-0.1, -0.05) is 36.4 Å². The maximum absolute atomic E-state index is 12.5. The van der Waals surface area contributed by atoms with E-state index in [4.69, 9.17) is 4.74 Å². The molecule has 2 aromatic carbocycles. The Bertz CT molecular complexity index is 854. The molecule has 0 saturated carbocycles. The molecule has 0 spiro atoms. The summed E-state index contributed by atoms with van der Waals surface area (Å²) in [5, 5.41) is 5.43. The van der Waals surface area contributed by atoms with E-state index in [1.54, 1.807) is 31.4 Å². The first-order valence-electron chi connectivity index (χ1n) is 9.16. The first-order valence-corrected chi connectivity index (χ1v) is 9.16. The number of methoxy groups -OCH3 is 1. The molecule has 1 saturated heterocycles. The topological polar surface area (TPSA) is 87.7 Å². The third kappa shape index (κ3) is 4.88. The van der Waals surface area contributed by atoms with E-state index in [9.17, 15) is 14.4 Å². The molecular formula is C21H23N3O4. The van der Waals surface area contributed by atoms with Crippen LogP contribution in [0.15, 0.2) is 54.6 Å². The van der Waals surface area contributed by atoms with Gasteiger partial charge in [-0.05, 0) is 30.5 Å². The van der Waals surface area contributed by atoms with Gasteiger partial charge in [0.25, 0.3) is 5.91 Å². The maximum Gasteiger partial charge on any atom is 0.324 e. The molecule has 2 N–H and O–H groups in total. The highest BCUT2D eigenvalue weighted by molar-refractivity contribution is 6.04. The van der Waals surface area contributed by atoms with Gasteiger partial charge in [-0.25, -0.2) is 4.79 Å². The van der Waals surface area contributed by atoms with E-state index < -0.39 is 12.1 Å². The molecule has 1 atom stereocenters. The zero-order valence-corrected chi connectivity index (χ0v) is 15.7. The number of anilines is 1. The van der Waals surface area contributed by atoms with Gasteiger partial charge in [0.05, 0.1) is 7.11 Å². The molecule has 3 rings (SSSR count). The summed E-state index contributed by atoms with van der Waals surface area (Å²) in [5.41, 5.74) is 1.68. The predicted octanol–water partition coefficient (Wildman–Crippen LogP) is 2.58. The number of rotatable bonds is 8. The number of urea groups is 1. The molecule has 0 radical (unpaired) electrons. The number of imide groups is 1. The molecule has 1 aliphatic heterocycles. The number of hydrogen-bond donors (Lipinski definition) is 2. The van der Waals surface area contributed by atoms with E-state index in [1.165, 1.54) is 4.90 Å². The lowest BCUT2D eigenvalue weighted by Crippen LogP contribution is -2.33.